The molecule has 4 nitrogen and oxygen atoms in total. The van der Waals surface area contributed by atoms with E-state index in [9.17, 15) is 0 Å². The van der Waals surface area contributed by atoms with Gasteiger partial charge in [0.15, 0.2) is 0 Å². The maximum atomic E-state index is 5.87. The zero-order valence-corrected chi connectivity index (χ0v) is 20.9. The first-order valence-corrected chi connectivity index (χ1v) is 13.0. The molecule has 2 aromatic carbocycles. The van der Waals surface area contributed by atoms with E-state index >= 15 is 0 Å². The smallest absolute Gasteiger partial charge is 0.119 e. The third-order valence-corrected chi connectivity index (χ3v) is 6.08. The molecule has 0 saturated heterocycles. The number of unbranched alkanes of at least 4 members (excludes halogenated alkanes) is 7. The fourth-order valence-corrected chi connectivity index (χ4v) is 4.06. The van der Waals surface area contributed by atoms with Crippen LogP contribution in [-0.2, 0) is 0 Å². The number of nitrogens with zero attached hydrogens (tertiary/aromatic N) is 2. The highest BCUT2D eigenvalue weighted by Crippen LogP contribution is 2.29. The first-order valence-electron chi connectivity index (χ1n) is 13.0. The molecule has 0 saturated carbocycles. The Labute approximate surface area is 205 Å². The highest BCUT2D eigenvalue weighted by atomic mass is 16.5. The standard InChI is InChI=1S/C30H40N2O2/c1-3-5-6-7-8-9-10-11-24-34-30-22-18-28(19-23-30)32-31-27-16-12-25(13-17-27)26-14-20-29(21-15-26)33-4-2/h12,14-23,25H,3-11,13,24H2,1-2H3. The Balaban J connectivity index is 1.35. The van der Waals surface area contributed by atoms with Crippen molar-refractivity contribution in [1.29, 1.82) is 0 Å². The van der Waals surface area contributed by atoms with Gasteiger partial charge in [0.25, 0.3) is 0 Å². The van der Waals surface area contributed by atoms with Crippen LogP contribution in [0, 0.1) is 0 Å². The van der Waals surface area contributed by atoms with Gasteiger partial charge in [0.1, 0.15) is 11.5 Å². The first kappa shape index (κ1) is 25.7. The lowest BCUT2D eigenvalue weighted by Gasteiger charge is -2.15. The first-order chi connectivity index (χ1) is 16.8. The van der Waals surface area contributed by atoms with Crippen molar-refractivity contribution < 1.29 is 9.47 Å². The van der Waals surface area contributed by atoms with E-state index in [1.54, 1.807) is 0 Å². The summed E-state index contributed by atoms with van der Waals surface area (Å²) in [6, 6.07) is 16.2. The normalized spacial score (nSPS) is 15.5. The van der Waals surface area contributed by atoms with Crippen LogP contribution in [0.2, 0.25) is 0 Å². The van der Waals surface area contributed by atoms with E-state index in [4.69, 9.17) is 9.47 Å². The van der Waals surface area contributed by atoms with Gasteiger partial charge in [-0.2, -0.15) is 10.2 Å². The molecule has 0 fully saturated rings. The predicted octanol–water partition coefficient (Wildman–Crippen LogP) is 9.32. The number of allylic oxidation sites excluding steroid dienone is 3. The molecule has 182 valence electrons. The summed E-state index contributed by atoms with van der Waals surface area (Å²) in [6.45, 7) is 5.73. The van der Waals surface area contributed by atoms with Crippen LogP contribution in [0.1, 0.15) is 83.1 Å². The molecule has 4 heteroatoms. The van der Waals surface area contributed by atoms with E-state index in [2.05, 4.69) is 47.5 Å². The minimum Gasteiger partial charge on any atom is -0.494 e. The van der Waals surface area contributed by atoms with Crippen molar-refractivity contribution in [2.75, 3.05) is 13.2 Å². The largest absolute Gasteiger partial charge is 0.494 e. The van der Waals surface area contributed by atoms with Crippen LogP contribution < -0.4 is 9.47 Å². The second kappa shape index (κ2) is 15.1. The van der Waals surface area contributed by atoms with Crippen molar-refractivity contribution in [2.45, 2.75) is 77.6 Å². The van der Waals surface area contributed by atoms with Crippen LogP contribution >= 0.6 is 0 Å². The molecular weight excluding hydrogens is 420 g/mol. The number of azo groups is 1. The lowest BCUT2D eigenvalue weighted by Crippen LogP contribution is -1.98. The molecule has 0 N–H and O–H groups in total. The summed E-state index contributed by atoms with van der Waals surface area (Å²) in [5, 5.41) is 8.80. The molecule has 0 amide bonds. The molecule has 1 aliphatic rings. The molecule has 1 unspecified atom stereocenters. The third-order valence-electron chi connectivity index (χ3n) is 6.08. The van der Waals surface area contributed by atoms with E-state index in [-0.39, 0.29) is 0 Å². The van der Waals surface area contributed by atoms with Gasteiger partial charge in [-0.25, -0.2) is 0 Å². The Morgan fingerprint density at radius 2 is 1.38 bits per heavy atom. The predicted molar refractivity (Wildman–Crippen MR) is 141 cm³/mol. The molecule has 0 aliphatic heterocycles. The molecule has 3 rings (SSSR count). The molecule has 0 bridgehead atoms. The quantitative estimate of drug-likeness (QED) is 0.196. The van der Waals surface area contributed by atoms with Gasteiger partial charge in [-0.3, -0.25) is 0 Å². The Morgan fingerprint density at radius 3 is 2.03 bits per heavy atom. The van der Waals surface area contributed by atoms with Crippen molar-refractivity contribution in [3.8, 4) is 11.5 Å². The van der Waals surface area contributed by atoms with Gasteiger partial charge in [-0.1, -0.05) is 76.2 Å². The average Bonchev–Trinajstić information content (AvgIpc) is 2.88. The van der Waals surface area contributed by atoms with E-state index in [0.717, 1.165) is 42.3 Å². The summed E-state index contributed by atoms with van der Waals surface area (Å²) < 4.78 is 11.4. The van der Waals surface area contributed by atoms with Gasteiger partial charge < -0.3 is 9.47 Å². The number of hydrogen-bond donors (Lipinski definition) is 0. The summed E-state index contributed by atoms with van der Waals surface area (Å²) in [7, 11) is 0. The van der Waals surface area contributed by atoms with E-state index in [0.29, 0.717) is 12.5 Å². The third kappa shape index (κ3) is 9.17. The number of hydrogen-bond acceptors (Lipinski definition) is 4. The van der Waals surface area contributed by atoms with Gasteiger partial charge in [0, 0.05) is 5.92 Å². The highest BCUT2D eigenvalue weighted by molar-refractivity contribution is 5.41. The number of rotatable bonds is 15. The fourth-order valence-electron chi connectivity index (χ4n) is 4.06. The van der Waals surface area contributed by atoms with E-state index < -0.39 is 0 Å². The summed E-state index contributed by atoms with van der Waals surface area (Å²) in [6.07, 6.45) is 17.8. The SMILES string of the molecule is CCCCCCCCCCOc1ccc(N=NC2=CCC(c3ccc(OCC)cc3)C=C2)cc1. The Kier molecular flexibility index (Phi) is 11.4. The Bertz CT molecular complexity index is 914. The van der Waals surface area contributed by atoms with Gasteiger partial charge >= 0.3 is 0 Å². The monoisotopic (exact) mass is 460 g/mol. The van der Waals surface area contributed by atoms with Crippen molar-refractivity contribution in [2.24, 2.45) is 10.2 Å². The molecule has 0 heterocycles. The van der Waals surface area contributed by atoms with Crippen molar-refractivity contribution >= 4 is 5.69 Å². The van der Waals surface area contributed by atoms with Gasteiger partial charge in [0.2, 0.25) is 0 Å². The summed E-state index contributed by atoms with van der Waals surface area (Å²) in [5.74, 6) is 2.18. The summed E-state index contributed by atoms with van der Waals surface area (Å²) in [4.78, 5) is 0. The van der Waals surface area contributed by atoms with Crippen molar-refractivity contribution in [1.82, 2.24) is 0 Å². The second-order valence-electron chi connectivity index (χ2n) is 8.85. The molecule has 2 aromatic rings. The molecule has 1 aliphatic carbocycles. The van der Waals surface area contributed by atoms with E-state index in [1.807, 2.05) is 43.3 Å². The number of benzene rings is 2. The zero-order valence-electron chi connectivity index (χ0n) is 20.9. The maximum Gasteiger partial charge on any atom is 0.119 e. The molecular formula is C30H40N2O2. The minimum absolute atomic E-state index is 0.368. The second-order valence-corrected chi connectivity index (χ2v) is 8.85. The van der Waals surface area contributed by atoms with Crippen LogP contribution in [0.4, 0.5) is 5.69 Å². The van der Waals surface area contributed by atoms with E-state index in [1.165, 1.54) is 50.5 Å². The van der Waals surface area contributed by atoms with Crippen LogP contribution in [0.25, 0.3) is 0 Å². The number of ether oxygens (including phenoxy) is 2. The van der Waals surface area contributed by atoms with Gasteiger partial charge in [-0.05, 0) is 67.8 Å². The fraction of sp³-hybridized carbons (Fsp3) is 0.467. The van der Waals surface area contributed by atoms with Gasteiger partial charge in [-0.15, -0.1) is 0 Å². The average molecular weight is 461 g/mol. The van der Waals surface area contributed by atoms with Crippen molar-refractivity contribution in [3.63, 3.8) is 0 Å². The zero-order chi connectivity index (χ0) is 23.8. The van der Waals surface area contributed by atoms with Crippen LogP contribution in [-0.4, -0.2) is 13.2 Å². The minimum atomic E-state index is 0.368. The van der Waals surface area contributed by atoms with Crippen molar-refractivity contribution in [3.05, 3.63) is 78.0 Å². The molecule has 0 spiro atoms. The molecule has 1 atom stereocenters. The molecule has 0 aromatic heterocycles. The summed E-state index contributed by atoms with van der Waals surface area (Å²) in [5.41, 5.74) is 3.02. The lowest BCUT2D eigenvalue weighted by atomic mass is 9.92. The highest BCUT2D eigenvalue weighted by Gasteiger charge is 2.11. The molecule has 34 heavy (non-hydrogen) atoms. The van der Waals surface area contributed by atoms with Crippen LogP contribution in [0.15, 0.2) is 82.7 Å². The topological polar surface area (TPSA) is 43.2 Å². The maximum absolute atomic E-state index is 5.87. The molecule has 0 radical (unpaired) electrons. The van der Waals surface area contributed by atoms with Crippen LogP contribution in [0.3, 0.4) is 0 Å². The Hall–Kier alpha value is -2.88. The lowest BCUT2D eigenvalue weighted by molar-refractivity contribution is 0.304. The van der Waals surface area contributed by atoms with Crippen LogP contribution in [0.5, 0.6) is 11.5 Å². The van der Waals surface area contributed by atoms with Gasteiger partial charge in [0.05, 0.1) is 24.6 Å². The summed E-state index contributed by atoms with van der Waals surface area (Å²) >= 11 is 0. The Morgan fingerprint density at radius 1 is 0.735 bits per heavy atom.